The van der Waals surface area contributed by atoms with E-state index in [9.17, 15) is 0 Å². The van der Waals surface area contributed by atoms with E-state index in [0.717, 1.165) is 24.4 Å². The van der Waals surface area contributed by atoms with Crippen molar-refractivity contribution in [1.82, 2.24) is 5.32 Å². The summed E-state index contributed by atoms with van der Waals surface area (Å²) in [6, 6.07) is 10.2. The predicted octanol–water partition coefficient (Wildman–Crippen LogP) is 2.30. The molecule has 0 amide bonds. The van der Waals surface area contributed by atoms with Gasteiger partial charge in [0, 0.05) is 45.7 Å². The number of nitrogens with one attached hydrogen (secondary N) is 1. The Kier molecular flexibility index (Phi) is 12.3. The SMILES string of the molecule is CCCNC.N#C[C-]1Cc2ccccc21.[V].[W]. The molecule has 1 aliphatic rings. The fraction of sp³-hybridized carbons (Fsp3) is 0.385. The maximum Gasteiger partial charge on any atom is 0.0265 e. The van der Waals surface area contributed by atoms with Crippen molar-refractivity contribution in [2.75, 3.05) is 13.6 Å². The average Bonchev–Trinajstić information content (AvgIpc) is 2.23. The van der Waals surface area contributed by atoms with Crippen LogP contribution in [0.3, 0.4) is 0 Å². The molecule has 0 saturated heterocycles. The Morgan fingerprint density at radius 1 is 1.41 bits per heavy atom. The van der Waals surface area contributed by atoms with Crippen LogP contribution in [0.1, 0.15) is 24.5 Å². The Balaban J connectivity index is 0. The molecule has 1 radical (unpaired) electrons. The molecule has 0 heterocycles. The van der Waals surface area contributed by atoms with Gasteiger partial charge in [0.2, 0.25) is 0 Å². The van der Waals surface area contributed by atoms with Gasteiger partial charge >= 0.3 is 0 Å². The third kappa shape index (κ3) is 5.80. The van der Waals surface area contributed by atoms with E-state index in [1.165, 1.54) is 12.0 Å². The number of nitriles is 1. The summed E-state index contributed by atoms with van der Waals surface area (Å²) in [7, 11) is 1.96. The minimum absolute atomic E-state index is 0. The van der Waals surface area contributed by atoms with Gasteiger partial charge in [-0.1, -0.05) is 25.3 Å². The minimum atomic E-state index is 0. The van der Waals surface area contributed by atoms with Crippen molar-refractivity contribution < 1.29 is 39.6 Å². The largest absolute Gasteiger partial charge is 0.320 e. The first-order valence-corrected chi connectivity index (χ1v) is 5.32. The topological polar surface area (TPSA) is 35.8 Å². The molecule has 2 rings (SSSR count). The van der Waals surface area contributed by atoms with E-state index in [1.807, 2.05) is 25.2 Å². The van der Waals surface area contributed by atoms with E-state index >= 15 is 0 Å². The van der Waals surface area contributed by atoms with Crippen LogP contribution in [-0.4, -0.2) is 13.6 Å². The Bertz CT molecular complexity index is 348. The van der Waals surface area contributed by atoms with Gasteiger partial charge in [-0.05, 0) is 20.0 Å². The Morgan fingerprint density at radius 2 is 2.06 bits per heavy atom. The van der Waals surface area contributed by atoms with Crippen molar-refractivity contribution in [3.63, 3.8) is 0 Å². The van der Waals surface area contributed by atoms with Gasteiger partial charge in [-0.25, -0.2) is 5.26 Å². The molecule has 0 fully saturated rings. The molecule has 17 heavy (non-hydrogen) atoms. The van der Waals surface area contributed by atoms with Gasteiger partial charge in [0.05, 0.1) is 0 Å². The summed E-state index contributed by atoms with van der Waals surface area (Å²) in [6.45, 7) is 3.29. The van der Waals surface area contributed by atoms with E-state index < -0.39 is 0 Å². The maximum absolute atomic E-state index is 8.55. The third-order valence-corrected chi connectivity index (χ3v) is 2.34. The van der Waals surface area contributed by atoms with E-state index in [2.05, 4.69) is 24.4 Å². The second-order valence-electron chi connectivity index (χ2n) is 3.53. The molecule has 1 aliphatic carbocycles. The average molecular weight is 436 g/mol. The van der Waals surface area contributed by atoms with Crippen LogP contribution in [0.2, 0.25) is 0 Å². The summed E-state index contributed by atoms with van der Waals surface area (Å²) in [5.74, 6) is 0.926. The third-order valence-electron chi connectivity index (χ3n) is 2.34. The molecular weight excluding hydrogens is 419 g/mol. The molecule has 1 aromatic rings. The van der Waals surface area contributed by atoms with Gasteiger partial charge in [-0.2, -0.15) is 17.2 Å². The number of hydrogen-bond acceptors (Lipinski definition) is 2. The summed E-state index contributed by atoms with van der Waals surface area (Å²) in [5.41, 5.74) is 2.45. The molecule has 0 aliphatic heterocycles. The van der Waals surface area contributed by atoms with Crippen LogP contribution < -0.4 is 5.32 Å². The molecular formula is C13H17N2VW-. The zero-order chi connectivity index (χ0) is 11.1. The smallest absolute Gasteiger partial charge is 0.0265 e. The van der Waals surface area contributed by atoms with E-state index in [1.54, 1.807) is 0 Å². The molecule has 91 valence electrons. The Morgan fingerprint density at radius 3 is 2.47 bits per heavy atom. The second-order valence-corrected chi connectivity index (χ2v) is 3.53. The molecule has 0 atom stereocenters. The van der Waals surface area contributed by atoms with Gasteiger partial charge in [-0.3, -0.25) is 0 Å². The second kappa shape index (κ2) is 10.9. The van der Waals surface area contributed by atoms with Crippen molar-refractivity contribution in [3.8, 4) is 6.07 Å². The van der Waals surface area contributed by atoms with Gasteiger partial charge in [-0.15, -0.1) is 12.1 Å². The molecule has 0 saturated carbocycles. The molecule has 0 spiro atoms. The zero-order valence-corrected chi connectivity index (χ0v) is 14.6. The van der Waals surface area contributed by atoms with Gasteiger partial charge < -0.3 is 5.32 Å². The summed E-state index contributed by atoms with van der Waals surface area (Å²) < 4.78 is 0. The van der Waals surface area contributed by atoms with Crippen molar-refractivity contribution >= 4 is 0 Å². The molecule has 1 aromatic carbocycles. The van der Waals surface area contributed by atoms with Crippen LogP contribution in [0.15, 0.2) is 24.3 Å². The van der Waals surface area contributed by atoms with E-state index in [0.29, 0.717) is 0 Å². The standard InChI is InChI=1S/C9H6N.C4H11N.V.W/c10-6-8-5-7-3-1-2-4-9(7)8;1-3-4-5-2;;/h1-4H,5H2;5H,3-4H2,1-2H3;;/q-1;;;. The number of benzene rings is 1. The molecule has 4 heteroatoms. The number of fused-ring (bicyclic) bond motifs is 1. The molecule has 1 N–H and O–H groups in total. The maximum atomic E-state index is 8.55. The van der Waals surface area contributed by atoms with Gasteiger partial charge in [0.15, 0.2) is 0 Å². The molecule has 2 nitrogen and oxygen atoms in total. The Hall–Kier alpha value is -0.187. The molecule has 0 aromatic heterocycles. The molecule has 0 bridgehead atoms. The summed E-state index contributed by atoms with van der Waals surface area (Å²) in [5, 5.41) is 11.6. The zero-order valence-electron chi connectivity index (χ0n) is 10.2. The summed E-state index contributed by atoms with van der Waals surface area (Å²) in [4.78, 5) is 0. The number of rotatable bonds is 2. The Labute approximate surface area is 130 Å². The fourth-order valence-electron chi connectivity index (χ4n) is 1.50. The van der Waals surface area contributed by atoms with E-state index in [4.69, 9.17) is 5.26 Å². The predicted molar refractivity (Wildman–Crippen MR) is 62.3 cm³/mol. The number of hydrogen-bond donors (Lipinski definition) is 1. The monoisotopic (exact) mass is 436 g/mol. The summed E-state index contributed by atoms with van der Waals surface area (Å²) in [6.07, 6.45) is 2.10. The molecule has 0 unspecified atom stereocenters. The van der Waals surface area contributed by atoms with Crippen LogP contribution in [0.5, 0.6) is 0 Å². The van der Waals surface area contributed by atoms with Crippen molar-refractivity contribution in [2.45, 2.75) is 19.8 Å². The normalized spacial score (nSPS) is 10.3. The first kappa shape index (κ1) is 19.2. The van der Waals surface area contributed by atoms with Crippen LogP contribution >= 0.6 is 0 Å². The minimum Gasteiger partial charge on any atom is -0.320 e. The quantitative estimate of drug-likeness (QED) is 0.723. The van der Waals surface area contributed by atoms with Crippen LogP contribution in [0, 0.1) is 17.2 Å². The van der Waals surface area contributed by atoms with Crippen LogP contribution in [0.4, 0.5) is 0 Å². The first-order valence-electron chi connectivity index (χ1n) is 5.32. The first-order chi connectivity index (χ1) is 7.33. The summed E-state index contributed by atoms with van der Waals surface area (Å²) >= 11 is 0. The fourth-order valence-corrected chi connectivity index (χ4v) is 1.50. The number of nitrogens with zero attached hydrogens (tertiary/aromatic N) is 1. The van der Waals surface area contributed by atoms with Crippen molar-refractivity contribution in [1.29, 1.82) is 5.26 Å². The van der Waals surface area contributed by atoms with Crippen LogP contribution in [0.25, 0.3) is 0 Å². The van der Waals surface area contributed by atoms with E-state index in [-0.39, 0.29) is 39.6 Å². The van der Waals surface area contributed by atoms with Crippen LogP contribution in [-0.2, 0) is 46.0 Å². The van der Waals surface area contributed by atoms with Gasteiger partial charge in [0.25, 0.3) is 0 Å². The van der Waals surface area contributed by atoms with Gasteiger partial charge in [0.1, 0.15) is 0 Å². The van der Waals surface area contributed by atoms with Crippen molar-refractivity contribution in [3.05, 3.63) is 41.3 Å². The van der Waals surface area contributed by atoms with Crippen molar-refractivity contribution in [2.24, 2.45) is 0 Å².